The molecule has 1 aromatic heterocycles. The maximum absolute atomic E-state index is 13.6. The van der Waals surface area contributed by atoms with Crippen molar-refractivity contribution >= 4 is 23.1 Å². The van der Waals surface area contributed by atoms with Crippen molar-refractivity contribution in [3.8, 4) is 11.5 Å². The minimum Gasteiger partial charge on any atom is -0.491 e. The Morgan fingerprint density at radius 2 is 1.74 bits per heavy atom. The van der Waals surface area contributed by atoms with E-state index in [1.165, 1.54) is 12.8 Å². The summed E-state index contributed by atoms with van der Waals surface area (Å²) in [5.74, 6) is 0.880. The molecule has 0 spiro atoms. The lowest BCUT2D eigenvalue weighted by atomic mass is 10.2. The van der Waals surface area contributed by atoms with E-state index in [9.17, 15) is 13.2 Å². The van der Waals surface area contributed by atoms with Gasteiger partial charge in [0.25, 0.3) is 0 Å². The van der Waals surface area contributed by atoms with Gasteiger partial charge < -0.3 is 20.1 Å². The van der Waals surface area contributed by atoms with Gasteiger partial charge in [-0.1, -0.05) is 19.1 Å². The number of nitrogens with one attached hydrogen (secondary N) is 2. The number of benzene rings is 2. The Kier molecular flexibility index (Phi) is 7.40. The molecule has 1 aliphatic rings. The number of nitrogens with zero attached hydrogens (tertiary/aromatic N) is 2. The number of hydrogen-bond acceptors (Lipinski definition) is 6. The van der Waals surface area contributed by atoms with E-state index in [0.29, 0.717) is 23.7 Å². The van der Waals surface area contributed by atoms with Crippen LogP contribution in [0.15, 0.2) is 54.7 Å². The first-order chi connectivity index (χ1) is 16.4. The fourth-order valence-corrected chi connectivity index (χ4v) is 3.72. The predicted molar refractivity (Wildman–Crippen MR) is 125 cm³/mol. The first-order valence-corrected chi connectivity index (χ1v) is 11.4. The molecule has 34 heavy (non-hydrogen) atoms. The molecule has 2 N–H and O–H groups in total. The molecule has 2 aromatic carbocycles. The summed E-state index contributed by atoms with van der Waals surface area (Å²) in [6.07, 6.45) is 1.64. The fraction of sp³-hybridized carbons (Fsp3) is 0.360. The number of anilines is 4. The van der Waals surface area contributed by atoms with Crippen LogP contribution in [0.25, 0.3) is 0 Å². The molecule has 6 nitrogen and oxygen atoms in total. The van der Waals surface area contributed by atoms with Crippen molar-refractivity contribution in [2.45, 2.75) is 51.3 Å². The highest BCUT2D eigenvalue weighted by molar-refractivity contribution is 5.67. The highest BCUT2D eigenvalue weighted by atomic mass is 19.4. The normalized spacial score (nSPS) is 14.1. The van der Waals surface area contributed by atoms with Crippen molar-refractivity contribution in [2.75, 3.05) is 17.2 Å². The van der Waals surface area contributed by atoms with E-state index in [-0.39, 0.29) is 17.9 Å². The Morgan fingerprint density at radius 1 is 1.00 bits per heavy atom. The molecular formula is C25H27F3N4O2. The van der Waals surface area contributed by atoms with Gasteiger partial charge in [-0.3, -0.25) is 0 Å². The summed E-state index contributed by atoms with van der Waals surface area (Å²) in [4.78, 5) is 7.99. The highest BCUT2D eigenvalue weighted by Crippen LogP contribution is 2.37. The van der Waals surface area contributed by atoms with Gasteiger partial charge in [0.2, 0.25) is 5.95 Å². The van der Waals surface area contributed by atoms with Crippen molar-refractivity contribution in [3.05, 3.63) is 60.3 Å². The van der Waals surface area contributed by atoms with Crippen LogP contribution in [-0.2, 0) is 6.18 Å². The molecule has 0 bridgehead atoms. The van der Waals surface area contributed by atoms with Crippen LogP contribution in [0.5, 0.6) is 11.5 Å². The summed E-state index contributed by atoms with van der Waals surface area (Å²) in [5, 5.41) is 5.74. The van der Waals surface area contributed by atoms with Gasteiger partial charge in [0.15, 0.2) is 0 Å². The first-order valence-electron chi connectivity index (χ1n) is 11.4. The molecule has 4 rings (SSSR count). The second kappa shape index (κ2) is 10.6. The van der Waals surface area contributed by atoms with Crippen LogP contribution in [0, 0.1) is 0 Å². The molecule has 0 radical (unpaired) electrons. The number of hydrogen-bond donors (Lipinski definition) is 2. The quantitative estimate of drug-likeness (QED) is 0.346. The number of rotatable bonds is 9. The van der Waals surface area contributed by atoms with E-state index >= 15 is 0 Å². The molecule has 0 aliphatic heterocycles. The zero-order valence-electron chi connectivity index (χ0n) is 18.9. The summed E-state index contributed by atoms with van der Waals surface area (Å²) in [6, 6.07) is 14.0. The molecule has 0 saturated heterocycles. The SMILES string of the molecule is CCCOc1ccccc1Nc1nc(Nc2ccc(OC3CCCC3)cc2)ncc1C(F)(F)F. The second-order valence-corrected chi connectivity index (χ2v) is 8.10. The third-order valence-electron chi connectivity index (χ3n) is 5.41. The third kappa shape index (κ3) is 6.09. The molecule has 9 heteroatoms. The van der Waals surface area contributed by atoms with E-state index < -0.39 is 11.7 Å². The van der Waals surface area contributed by atoms with Crippen LogP contribution in [-0.4, -0.2) is 22.7 Å². The molecule has 3 aromatic rings. The van der Waals surface area contributed by atoms with Crippen LogP contribution in [0.2, 0.25) is 0 Å². The smallest absolute Gasteiger partial charge is 0.421 e. The van der Waals surface area contributed by atoms with Gasteiger partial charge in [-0.05, 0) is 68.5 Å². The molecule has 1 aliphatic carbocycles. The van der Waals surface area contributed by atoms with Gasteiger partial charge in [0, 0.05) is 11.9 Å². The average molecular weight is 473 g/mol. The van der Waals surface area contributed by atoms with Crippen LogP contribution in [0.3, 0.4) is 0 Å². The Labute approximate surface area is 196 Å². The lowest BCUT2D eigenvalue weighted by molar-refractivity contribution is -0.137. The topological polar surface area (TPSA) is 68.3 Å². The van der Waals surface area contributed by atoms with E-state index in [0.717, 1.165) is 31.2 Å². The first kappa shape index (κ1) is 23.7. The van der Waals surface area contributed by atoms with Crippen molar-refractivity contribution < 1.29 is 22.6 Å². The Bertz CT molecular complexity index is 1080. The number of aromatic nitrogens is 2. The van der Waals surface area contributed by atoms with Crippen molar-refractivity contribution in [2.24, 2.45) is 0 Å². The van der Waals surface area contributed by atoms with Crippen molar-refractivity contribution in [1.29, 1.82) is 0 Å². The molecule has 1 heterocycles. The molecule has 0 amide bonds. The van der Waals surface area contributed by atoms with E-state index in [2.05, 4.69) is 20.6 Å². The minimum absolute atomic E-state index is 0.0342. The third-order valence-corrected chi connectivity index (χ3v) is 5.41. The number of para-hydroxylation sites is 2. The zero-order valence-corrected chi connectivity index (χ0v) is 18.9. The largest absolute Gasteiger partial charge is 0.491 e. The summed E-state index contributed by atoms with van der Waals surface area (Å²) in [5.41, 5.74) is 0.0549. The van der Waals surface area contributed by atoms with Crippen molar-refractivity contribution in [3.63, 3.8) is 0 Å². The highest BCUT2D eigenvalue weighted by Gasteiger charge is 2.35. The van der Waals surface area contributed by atoms with Crippen LogP contribution >= 0.6 is 0 Å². The van der Waals surface area contributed by atoms with Gasteiger partial charge in [-0.15, -0.1) is 0 Å². The van der Waals surface area contributed by atoms with Gasteiger partial charge >= 0.3 is 6.18 Å². The molecule has 0 atom stereocenters. The summed E-state index contributed by atoms with van der Waals surface area (Å²) >= 11 is 0. The van der Waals surface area contributed by atoms with Crippen LogP contribution in [0.1, 0.15) is 44.6 Å². The second-order valence-electron chi connectivity index (χ2n) is 8.10. The maximum atomic E-state index is 13.6. The van der Waals surface area contributed by atoms with Crippen molar-refractivity contribution in [1.82, 2.24) is 9.97 Å². The molecule has 0 unspecified atom stereocenters. The van der Waals surface area contributed by atoms with Gasteiger partial charge in [0.1, 0.15) is 22.9 Å². The predicted octanol–water partition coefficient (Wildman–Crippen LogP) is 7.09. The lowest BCUT2D eigenvalue weighted by Gasteiger charge is -2.17. The lowest BCUT2D eigenvalue weighted by Crippen LogP contribution is -2.13. The Hall–Kier alpha value is -3.49. The van der Waals surface area contributed by atoms with E-state index in [1.54, 1.807) is 36.4 Å². The fourth-order valence-electron chi connectivity index (χ4n) is 3.72. The zero-order chi connectivity index (χ0) is 24.0. The average Bonchev–Trinajstić information content (AvgIpc) is 3.32. The monoisotopic (exact) mass is 472 g/mol. The van der Waals surface area contributed by atoms with Crippen LogP contribution < -0.4 is 20.1 Å². The van der Waals surface area contributed by atoms with E-state index in [4.69, 9.17) is 9.47 Å². The van der Waals surface area contributed by atoms with E-state index in [1.807, 2.05) is 19.1 Å². The molecule has 180 valence electrons. The Balaban J connectivity index is 1.54. The number of alkyl halides is 3. The van der Waals surface area contributed by atoms with Gasteiger partial charge in [0.05, 0.1) is 18.4 Å². The van der Waals surface area contributed by atoms with Gasteiger partial charge in [-0.25, -0.2) is 4.98 Å². The van der Waals surface area contributed by atoms with Crippen LogP contribution in [0.4, 0.5) is 36.3 Å². The van der Waals surface area contributed by atoms with Gasteiger partial charge in [-0.2, -0.15) is 18.2 Å². The summed E-state index contributed by atoms with van der Waals surface area (Å²) in [7, 11) is 0. The Morgan fingerprint density at radius 3 is 2.44 bits per heavy atom. The molecule has 1 fully saturated rings. The standard InChI is InChI=1S/C25H27F3N4O2/c1-2-15-33-22-10-6-5-9-21(22)31-23-20(25(26,27)28)16-29-24(32-23)30-17-11-13-19(14-12-17)34-18-7-3-4-8-18/h5-6,9-14,16,18H,2-4,7-8,15H2,1H3,(H2,29,30,31,32). The summed E-state index contributed by atoms with van der Waals surface area (Å²) in [6.45, 7) is 2.40. The number of ether oxygens (including phenoxy) is 2. The summed E-state index contributed by atoms with van der Waals surface area (Å²) < 4.78 is 52.5. The molecular weight excluding hydrogens is 445 g/mol. The molecule has 1 saturated carbocycles. The minimum atomic E-state index is -4.63. The maximum Gasteiger partial charge on any atom is 0.421 e. The number of halogens is 3.